The zero-order valence-corrected chi connectivity index (χ0v) is 16.9. The van der Waals surface area contributed by atoms with Crippen LogP contribution in [0, 0.1) is 9.49 Å². The molecule has 2 aromatic rings. The second-order valence-electron chi connectivity index (χ2n) is 6.05. The third kappa shape index (κ3) is 5.51. The molecule has 0 aliphatic rings. The van der Waals surface area contributed by atoms with Crippen molar-refractivity contribution in [3.05, 3.63) is 56.6 Å². The van der Waals surface area contributed by atoms with E-state index in [4.69, 9.17) is 11.6 Å². The van der Waals surface area contributed by atoms with Gasteiger partial charge in [0.1, 0.15) is 6.04 Å². The maximum absolute atomic E-state index is 12.7. The molecule has 2 N–H and O–H groups in total. The quantitative estimate of drug-likeness (QED) is 0.496. The highest BCUT2D eigenvalue weighted by molar-refractivity contribution is 14.1. The molecule has 2 rings (SSSR count). The van der Waals surface area contributed by atoms with E-state index in [0.717, 1.165) is 15.7 Å². The smallest absolute Gasteiger partial charge is 0.372 e. The first kappa shape index (κ1) is 20.8. The van der Waals surface area contributed by atoms with Gasteiger partial charge < -0.3 is 10.6 Å². The zero-order chi connectivity index (χ0) is 19.5. The van der Waals surface area contributed by atoms with E-state index in [-0.39, 0.29) is 22.5 Å². The molecule has 0 saturated heterocycles. The van der Waals surface area contributed by atoms with Gasteiger partial charge in [-0.05, 0) is 71.0 Å². The molecule has 0 aromatic heterocycles. The summed E-state index contributed by atoms with van der Waals surface area (Å²) in [6, 6.07) is 9.63. The van der Waals surface area contributed by atoms with Crippen LogP contribution >= 0.6 is 34.2 Å². The summed E-state index contributed by atoms with van der Waals surface area (Å²) in [6.45, 7) is 3.67. The molecule has 0 fully saturated rings. The Labute approximate surface area is 168 Å². The number of carbonyl (C=O) groups is 1. The number of hydrogen-bond donors (Lipinski definition) is 2. The molecule has 0 bridgehead atoms. The topological polar surface area (TPSA) is 41.1 Å². The summed E-state index contributed by atoms with van der Waals surface area (Å²) < 4.78 is 39.3. The second-order valence-corrected chi connectivity index (χ2v) is 7.71. The third-order valence-electron chi connectivity index (χ3n) is 3.67. The van der Waals surface area contributed by atoms with Crippen LogP contribution in [0.2, 0.25) is 5.02 Å². The van der Waals surface area contributed by atoms with Crippen LogP contribution in [0.4, 0.5) is 24.5 Å². The fourth-order valence-corrected chi connectivity index (χ4v) is 2.86. The number of nitrogens with one attached hydrogen (secondary N) is 2. The zero-order valence-electron chi connectivity index (χ0n) is 14.0. The minimum atomic E-state index is -4.47. The predicted octanol–water partition coefficient (Wildman–Crippen LogP) is 6.04. The van der Waals surface area contributed by atoms with Gasteiger partial charge in [-0.2, -0.15) is 13.2 Å². The molecule has 0 spiro atoms. The van der Waals surface area contributed by atoms with Crippen LogP contribution in [-0.2, 0) is 11.0 Å². The molecular formula is C18H17ClF3IN2O. The highest BCUT2D eigenvalue weighted by Crippen LogP contribution is 2.34. The summed E-state index contributed by atoms with van der Waals surface area (Å²) in [5, 5.41) is 5.65. The van der Waals surface area contributed by atoms with E-state index in [0.29, 0.717) is 5.69 Å². The highest BCUT2D eigenvalue weighted by atomic mass is 127. The Balaban J connectivity index is 2.17. The molecule has 0 radical (unpaired) electrons. The molecule has 2 aromatic carbocycles. The van der Waals surface area contributed by atoms with Crippen molar-refractivity contribution in [2.75, 3.05) is 10.6 Å². The lowest BCUT2D eigenvalue weighted by atomic mass is 10.0. The van der Waals surface area contributed by atoms with Crippen molar-refractivity contribution < 1.29 is 18.0 Å². The van der Waals surface area contributed by atoms with Gasteiger partial charge in [-0.25, -0.2) is 0 Å². The molecule has 8 heteroatoms. The first-order valence-corrected chi connectivity index (χ1v) is 9.23. The largest absolute Gasteiger partial charge is 0.416 e. The van der Waals surface area contributed by atoms with E-state index in [9.17, 15) is 18.0 Å². The van der Waals surface area contributed by atoms with Gasteiger partial charge in [0.05, 0.1) is 16.3 Å². The molecule has 140 valence electrons. The number of alkyl halides is 3. The van der Waals surface area contributed by atoms with Crippen LogP contribution in [0.5, 0.6) is 0 Å². The standard InChI is InChI=1S/C18H17ClF3IN2O/c1-10(2)16(17(26)24-13-6-4-12(23)5-7-13)25-15-8-3-11(9-14(15)19)18(20,21)22/h3-10,16,25H,1-2H3,(H,24,26)/t16-/m1/s1. The van der Waals surface area contributed by atoms with Crippen molar-refractivity contribution in [2.24, 2.45) is 5.92 Å². The summed E-state index contributed by atoms with van der Waals surface area (Å²) in [4.78, 5) is 12.6. The van der Waals surface area contributed by atoms with Crippen molar-refractivity contribution in [3.63, 3.8) is 0 Å². The second kappa shape index (κ2) is 8.47. The predicted molar refractivity (Wildman–Crippen MR) is 106 cm³/mol. The molecule has 1 amide bonds. The maximum Gasteiger partial charge on any atom is 0.416 e. The summed E-state index contributed by atoms with van der Waals surface area (Å²) in [5.74, 6) is -0.408. The molecule has 0 heterocycles. The molecule has 0 unspecified atom stereocenters. The number of amides is 1. The van der Waals surface area contributed by atoms with Crippen molar-refractivity contribution in [3.8, 4) is 0 Å². The molecule has 0 aliphatic heterocycles. The van der Waals surface area contributed by atoms with Crippen molar-refractivity contribution >= 4 is 51.5 Å². The Morgan fingerprint density at radius 3 is 2.23 bits per heavy atom. The van der Waals surface area contributed by atoms with E-state index >= 15 is 0 Å². The van der Waals surface area contributed by atoms with Crippen LogP contribution in [0.15, 0.2) is 42.5 Å². The summed E-state index contributed by atoms with van der Waals surface area (Å²) >= 11 is 8.13. The first-order valence-electron chi connectivity index (χ1n) is 7.77. The normalized spacial score (nSPS) is 12.8. The SMILES string of the molecule is CC(C)[C@@H](Nc1ccc(C(F)(F)F)cc1Cl)C(=O)Nc1ccc(I)cc1. The number of anilines is 2. The van der Waals surface area contributed by atoms with Crippen LogP contribution in [-0.4, -0.2) is 11.9 Å². The van der Waals surface area contributed by atoms with E-state index < -0.39 is 17.8 Å². The lowest BCUT2D eigenvalue weighted by Crippen LogP contribution is -2.39. The van der Waals surface area contributed by atoms with Crippen LogP contribution in [0.25, 0.3) is 0 Å². The van der Waals surface area contributed by atoms with Gasteiger partial charge in [-0.3, -0.25) is 4.79 Å². The van der Waals surface area contributed by atoms with E-state index in [2.05, 4.69) is 33.2 Å². The van der Waals surface area contributed by atoms with Gasteiger partial charge in [-0.15, -0.1) is 0 Å². The first-order chi connectivity index (χ1) is 12.1. The average Bonchev–Trinajstić information content (AvgIpc) is 2.54. The fourth-order valence-electron chi connectivity index (χ4n) is 2.26. The van der Waals surface area contributed by atoms with Gasteiger partial charge in [0.2, 0.25) is 5.91 Å². The van der Waals surface area contributed by atoms with Crippen LogP contribution in [0.3, 0.4) is 0 Å². The van der Waals surface area contributed by atoms with Crippen molar-refractivity contribution in [1.82, 2.24) is 0 Å². The molecule has 3 nitrogen and oxygen atoms in total. The van der Waals surface area contributed by atoms with Crippen molar-refractivity contribution in [2.45, 2.75) is 26.1 Å². The monoisotopic (exact) mass is 496 g/mol. The third-order valence-corrected chi connectivity index (χ3v) is 4.70. The molecule has 0 aliphatic carbocycles. The Kier molecular flexibility index (Phi) is 6.79. The molecule has 26 heavy (non-hydrogen) atoms. The summed E-state index contributed by atoms with van der Waals surface area (Å²) in [6.07, 6.45) is -4.47. The maximum atomic E-state index is 12.7. The summed E-state index contributed by atoms with van der Waals surface area (Å²) in [5.41, 5.74) is 0.0787. The average molecular weight is 497 g/mol. The molecular weight excluding hydrogens is 480 g/mol. The molecule has 1 atom stereocenters. The molecule has 0 saturated carbocycles. The Morgan fingerprint density at radius 1 is 1.12 bits per heavy atom. The number of benzene rings is 2. The Hall–Kier alpha value is -1.48. The number of carbonyl (C=O) groups excluding carboxylic acids is 1. The van der Waals surface area contributed by atoms with E-state index in [1.54, 1.807) is 12.1 Å². The van der Waals surface area contributed by atoms with Gasteiger partial charge in [0.25, 0.3) is 0 Å². The van der Waals surface area contributed by atoms with Gasteiger partial charge in [0.15, 0.2) is 0 Å². The van der Waals surface area contributed by atoms with Gasteiger partial charge >= 0.3 is 6.18 Å². The Bertz CT molecular complexity index is 779. The number of halogens is 5. The minimum absolute atomic E-state index is 0.0902. The van der Waals surface area contributed by atoms with Gasteiger partial charge in [-0.1, -0.05) is 25.4 Å². The summed E-state index contributed by atoms with van der Waals surface area (Å²) in [7, 11) is 0. The number of hydrogen-bond acceptors (Lipinski definition) is 2. The van der Waals surface area contributed by atoms with Crippen molar-refractivity contribution in [1.29, 1.82) is 0 Å². The fraction of sp³-hybridized carbons (Fsp3) is 0.278. The minimum Gasteiger partial charge on any atom is -0.372 e. The Morgan fingerprint density at radius 2 is 1.73 bits per heavy atom. The highest BCUT2D eigenvalue weighted by Gasteiger charge is 2.31. The van der Waals surface area contributed by atoms with Crippen LogP contribution in [0.1, 0.15) is 19.4 Å². The van der Waals surface area contributed by atoms with Crippen LogP contribution < -0.4 is 10.6 Å². The lowest BCUT2D eigenvalue weighted by Gasteiger charge is -2.23. The van der Waals surface area contributed by atoms with E-state index in [1.165, 1.54) is 6.07 Å². The van der Waals surface area contributed by atoms with Gasteiger partial charge in [0, 0.05) is 9.26 Å². The van der Waals surface area contributed by atoms with E-state index in [1.807, 2.05) is 26.0 Å². The lowest BCUT2D eigenvalue weighted by molar-refractivity contribution is -0.137. The number of rotatable bonds is 5.